The molecule has 6 atom stereocenters. The number of amides is 3. The summed E-state index contributed by atoms with van der Waals surface area (Å²) in [5.74, 6) is -1.77. The lowest BCUT2D eigenvalue weighted by molar-refractivity contribution is -0.146. The number of aliphatic hydroxyl groups excluding tert-OH is 1. The molecule has 218 valence electrons. The van der Waals surface area contributed by atoms with Gasteiger partial charge >= 0.3 is 0 Å². The highest BCUT2D eigenvalue weighted by Crippen LogP contribution is 2.72. The smallest absolute Gasteiger partial charge is 0.251 e. The quantitative estimate of drug-likeness (QED) is 0.422. The molecule has 0 saturated carbocycles. The highest BCUT2D eigenvalue weighted by atomic mass is 32.2. The Morgan fingerprint density at radius 2 is 1.78 bits per heavy atom. The van der Waals surface area contributed by atoms with Crippen molar-refractivity contribution in [1.29, 1.82) is 0 Å². The van der Waals surface area contributed by atoms with E-state index in [4.69, 9.17) is 0 Å². The zero-order valence-corrected chi connectivity index (χ0v) is 25.3. The normalized spacial score (nSPS) is 29.1. The molecular formula is C33H41N3O4S. The van der Waals surface area contributed by atoms with Crippen LogP contribution in [0.2, 0.25) is 0 Å². The van der Waals surface area contributed by atoms with Crippen molar-refractivity contribution in [3.63, 3.8) is 0 Å². The van der Waals surface area contributed by atoms with Crippen LogP contribution in [0.4, 0.5) is 5.69 Å². The number of fused-ring (bicyclic) bond motifs is 2. The lowest BCUT2D eigenvalue weighted by atomic mass is 9.66. The lowest BCUT2D eigenvalue weighted by Crippen LogP contribution is -2.58. The maximum absolute atomic E-state index is 14.9. The minimum Gasteiger partial charge on any atom is -0.394 e. The number of hydrogen-bond donors (Lipinski definition) is 1. The molecule has 3 heterocycles. The molecule has 8 heteroatoms. The van der Waals surface area contributed by atoms with Gasteiger partial charge in [0.25, 0.3) is 5.91 Å². The van der Waals surface area contributed by atoms with Gasteiger partial charge in [0.1, 0.15) is 6.04 Å². The van der Waals surface area contributed by atoms with E-state index in [2.05, 4.69) is 20.1 Å². The molecule has 3 amide bonds. The third-order valence-corrected chi connectivity index (χ3v) is 11.4. The van der Waals surface area contributed by atoms with Gasteiger partial charge < -0.3 is 19.8 Å². The van der Waals surface area contributed by atoms with Gasteiger partial charge in [-0.1, -0.05) is 56.3 Å². The Bertz CT molecular complexity index is 1390. The number of hydrogen-bond acceptors (Lipinski definition) is 5. The fourth-order valence-corrected chi connectivity index (χ4v) is 9.79. The Morgan fingerprint density at radius 3 is 2.41 bits per heavy atom. The molecule has 0 aliphatic carbocycles. The summed E-state index contributed by atoms with van der Waals surface area (Å²) in [5, 5.41) is 12.6. The van der Waals surface area contributed by atoms with Gasteiger partial charge in [-0.2, -0.15) is 0 Å². The summed E-state index contributed by atoms with van der Waals surface area (Å²) in [6.07, 6.45) is 4.78. The van der Waals surface area contributed by atoms with Gasteiger partial charge in [-0.05, 0) is 48.6 Å². The number of rotatable bonds is 10. The number of likely N-dealkylation sites (tertiary alicyclic amines) is 1. The van der Waals surface area contributed by atoms with E-state index in [0.29, 0.717) is 13.0 Å². The predicted octanol–water partition coefficient (Wildman–Crippen LogP) is 4.50. The van der Waals surface area contributed by atoms with Crippen molar-refractivity contribution in [1.82, 2.24) is 9.80 Å². The average molecular weight is 576 g/mol. The molecule has 3 saturated heterocycles. The molecule has 3 aliphatic heterocycles. The number of carbonyl (C=O) groups is 3. The van der Waals surface area contributed by atoms with Crippen LogP contribution < -0.4 is 4.90 Å². The van der Waals surface area contributed by atoms with Crippen LogP contribution in [0.15, 0.2) is 67.8 Å². The molecule has 41 heavy (non-hydrogen) atoms. The second-order valence-electron chi connectivity index (χ2n) is 12.2. The Hall–Kier alpha value is -3.10. The summed E-state index contributed by atoms with van der Waals surface area (Å²) >= 11 is 1.65. The van der Waals surface area contributed by atoms with Crippen molar-refractivity contribution in [3.8, 4) is 0 Å². The number of likely N-dealkylation sites (N-methyl/N-ethyl adjacent to an activating group) is 1. The fraction of sp³-hybridized carbons (Fsp3) is 0.485. The minimum atomic E-state index is -0.819. The Morgan fingerprint density at radius 1 is 1.10 bits per heavy atom. The van der Waals surface area contributed by atoms with Crippen molar-refractivity contribution >= 4 is 45.9 Å². The number of thioether (sulfide) groups is 1. The fourth-order valence-electron chi connectivity index (χ4n) is 7.46. The van der Waals surface area contributed by atoms with Gasteiger partial charge in [0, 0.05) is 30.6 Å². The number of benzene rings is 2. The van der Waals surface area contributed by atoms with Crippen molar-refractivity contribution in [3.05, 3.63) is 67.8 Å². The molecule has 2 unspecified atom stereocenters. The van der Waals surface area contributed by atoms with Gasteiger partial charge in [-0.15, -0.1) is 24.9 Å². The molecule has 7 nitrogen and oxygen atoms in total. The number of aliphatic hydroxyl groups is 1. The van der Waals surface area contributed by atoms with Crippen molar-refractivity contribution in [2.75, 3.05) is 31.6 Å². The molecule has 3 fully saturated rings. The topological polar surface area (TPSA) is 81.2 Å². The van der Waals surface area contributed by atoms with Crippen LogP contribution in [0.5, 0.6) is 0 Å². The van der Waals surface area contributed by atoms with Crippen LogP contribution in [0, 0.1) is 17.8 Å². The van der Waals surface area contributed by atoms with E-state index in [9.17, 15) is 19.5 Å². The second kappa shape index (κ2) is 11.0. The lowest BCUT2D eigenvalue weighted by Gasteiger charge is -2.40. The zero-order valence-electron chi connectivity index (χ0n) is 24.5. The summed E-state index contributed by atoms with van der Waals surface area (Å²) in [7, 11) is 1.74. The highest BCUT2D eigenvalue weighted by Gasteiger charge is 2.78. The van der Waals surface area contributed by atoms with Crippen LogP contribution in [0.3, 0.4) is 0 Å². The first-order chi connectivity index (χ1) is 19.5. The van der Waals surface area contributed by atoms with Crippen LogP contribution in [0.25, 0.3) is 10.8 Å². The van der Waals surface area contributed by atoms with Crippen LogP contribution in [0.1, 0.15) is 33.6 Å². The van der Waals surface area contributed by atoms with Crippen molar-refractivity contribution in [2.24, 2.45) is 17.8 Å². The molecule has 2 aromatic carbocycles. The molecular weight excluding hydrogens is 534 g/mol. The Kier molecular flexibility index (Phi) is 7.85. The first-order valence-electron chi connectivity index (χ1n) is 14.4. The molecule has 2 aromatic rings. The summed E-state index contributed by atoms with van der Waals surface area (Å²) in [6.45, 7) is 14.1. The molecule has 2 bridgehead atoms. The second-order valence-corrected chi connectivity index (χ2v) is 14.1. The average Bonchev–Trinajstić information content (AvgIpc) is 3.52. The van der Waals surface area contributed by atoms with Crippen LogP contribution in [-0.2, 0) is 14.4 Å². The van der Waals surface area contributed by atoms with Crippen LogP contribution >= 0.6 is 11.8 Å². The van der Waals surface area contributed by atoms with E-state index >= 15 is 0 Å². The Labute approximate surface area is 247 Å². The molecule has 5 rings (SSSR count). The largest absolute Gasteiger partial charge is 0.394 e. The Balaban J connectivity index is 1.64. The van der Waals surface area contributed by atoms with Crippen molar-refractivity contribution in [2.45, 2.75) is 55.2 Å². The third kappa shape index (κ3) is 4.50. The van der Waals surface area contributed by atoms with E-state index in [0.717, 1.165) is 22.9 Å². The van der Waals surface area contributed by atoms with Crippen LogP contribution in [-0.4, -0.2) is 80.9 Å². The van der Waals surface area contributed by atoms with E-state index in [1.54, 1.807) is 45.7 Å². The first-order valence-corrected chi connectivity index (χ1v) is 15.3. The van der Waals surface area contributed by atoms with E-state index in [-0.39, 0.29) is 36.8 Å². The SMILES string of the molecule is C=CCN(C)C(=O)[C@H]1[C@H]2C(=O)N([C@@H](CO)C(C)C)C(C(=O)N(CC=C)c3ccc4ccccc4c3)C23CC[C@]1(C)S3. The monoisotopic (exact) mass is 575 g/mol. The number of carbonyl (C=O) groups excluding carboxylic acids is 3. The molecule has 3 aliphatic rings. The van der Waals surface area contributed by atoms with E-state index in [1.165, 1.54) is 0 Å². The van der Waals surface area contributed by atoms with E-state index < -0.39 is 33.4 Å². The maximum atomic E-state index is 14.9. The molecule has 0 aromatic heterocycles. The number of nitrogens with zero attached hydrogens (tertiary/aromatic N) is 3. The maximum Gasteiger partial charge on any atom is 0.251 e. The van der Waals surface area contributed by atoms with E-state index in [1.807, 2.05) is 56.3 Å². The summed E-state index contributed by atoms with van der Waals surface area (Å²) in [6, 6.07) is 12.6. The van der Waals surface area contributed by atoms with Gasteiger partial charge in [-0.25, -0.2) is 0 Å². The van der Waals surface area contributed by atoms with Crippen molar-refractivity contribution < 1.29 is 19.5 Å². The van der Waals surface area contributed by atoms with Gasteiger partial charge in [-0.3, -0.25) is 14.4 Å². The highest BCUT2D eigenvalue weighted by molar-refractivity contribution is 8.02. The zero-order chi connectivity index (χ0) is 29.7. The summed E-state index contributed by atoms with van der Waals surface area (Å²) < 4.78 is -1.23. The van der Waals surface area contributed by atoms with Gasteiger partial charge in [0.15, 0.2) is 0 Å². The minimum absolute atomic E-state index is 0.0848. The standard InChI is InChI=1S/C33H41N3O4S/c1-7-17-34(6)29(38)26-27-30(39)36(25(20-37)21(3)4)28(33(27)16-15-32(26,5)41-33)31(40)35(18-8-2)24-14-13-22-11-9-10-12-23(22)19-24/h7-14,19,21,25-28,37H,1-2,15-18,20H2,3-6H3/t25-,26+,27-,28?,32-,33?/m0/s1. The van der Waals surface area contributed by atoms with Gasteiger partial charge in [0.2, 0.25) is 11.8 Å². The predicted molar refractivity (Wildman–Crippen MR) is 166 cm³/mol. The number of anilines is 1. The molecule has 0 radical (unpaired) electrons. The summed E-state index contributed by atoms with van der Waals surface area (Å²) in [5.41, 5.74) is 0.730. The molecule has 1 spiro atoms. The third-order valence-electron chi connectivity index (χ3n) is 9.43. The van der Waals surface area contributed by atoms with Gasteiger partial charge in [0.05, 0.1) is 29.2 Å². The first kappa shape index (κ1) is 29.4. The summed E-state index contributed by atoms with van der Waals surface area (Å²) in [4.78, 5) is 48.3. The molecule has 1 N–H and O–H groups in total.